The van der Waals surface area contributed by atoms with Crippen LogP contribution in [0.2, 0.25) is 0 Å². The van der Waals surface area contributed by atoms with Crippen LogP contribution in [0.3, 0.4) is 0 Å². The first-order valence-electron chi connectivity index (χ1n) is 5.79. The summed E-state index contributed by atoms with van der Waals surface area (Å²) in [6.07, 6.45) is -0.738. The number of carbonyl (C=O) groups is 1. The quantitative estimate of drug-likeness (QED) is 0.155. The Morgan fingerprint density at radius 1 is 1.11 bits per heavy atom. The Morgan fingerprint density at radius 3 is 2.33 bits per heavy atom. The number of amides is 1. The highest BCUT2D eigenvalue weighted by atomic mass is 19.1. The second-order valence-corrected chi connectivity index (χ2v) is 3.38. The Hall–Kier alpha value is -0.800. The van der Waals surface area contributed by atoms with E-state index in [2.05, 4.69) is 10.7 Å². The van der Waals surface area contributed by atoms with Crippen LogP contribution in [-0.4, -0.2) is 65.3 Å². The molecular weight excluding hydrogens is 245 g/mol. The Balaban J connectivity index is 3.04. The summed E-state index contributed by atoms with van der Waals surface area (Å²) >= 11 is 0. The van der Waals surface area contributed by atoms with Gasteiger partial charge in [-0.15, -0.1) is 0 Å². The molecule has 0 aliphatic rings. The number of hydrogen-bond acceptors (Lipinski definition) is 6. The molecule has 0 radical (unpaired) electrons. The van der Waals surface area contributed by atoms with Crippen LogP contribution in [0.4, 0.5) is 4.39 Å². The monoisotopic (exact) mass is 267 g/mol. The van der Waals surface area contributed by atoms with E-state index < -0.39 is 6.17 Å². The molecule has 0 saturated carbocycles. The first kappa shape index (κ1) is 17.2. The molecule has 0 rings (SSSR count). The number of rotatable bonds is 14. The first-order valence-corrected chi connectivity index (χ1v) is 5.79. The van der Waals surface area contributed by atoms with Crippen molar-refractivity contribution in [3.8, 4) is 0 Å². The van der Waals surface area contributed by atoms with Gasteiger partial charge in [-0.05, 0) is 0 Å². The fraction of sp³-hybridized carbons (Fsp3) is 0.900. The molecule has 1 atom stereocenters. The minimum atomic E-state index is -1.19. The molecule has 0 fully saturated rings. The molecule has 4 N–H and O–H groups in total. The Bertz CT molecular complexity index is 189. The molecular formula is C10H22FN3O4. The fourth-order valence-corrected chi connectivity index (χ4v) is 1.02. The first-order chi connectivity index (χ1) is 8.81. The lowest BCUT2D eigenvalue weighted by atomic mass is 10.4. The van der Waals surface area contributed by atoms with Gasteiger partial charge in [0.1, 0.15) is 6.17 Å². The summed E-state index contributed by atoms with van der Waals surface area (Å²) in [7, 11) is 0. The summed E-state index contributed by atoms with van der Waals surface area (Å²) in [6, 6.07) is 0. The van der Waals surface area contributed by atoms with E-state index in [1.165, 1.54) is 0 Å². The van der Waals surface area contributed by atoms with Gasteiger partial charge in [0.2, 0.25) is 6.41 Å². The molecule has 8 heteroatoms. The molecule has 18 heavy (non-hydrogen) atoms. The SMILES string of the molecule is NNCCOCCOCCOCC(F)CNC=O. The second kappa shape index (κ2) is 14.3. The van der Waals surface area contributed by atoms with E-state index in [0.717, 1.165) is 0 Å². The maximum Gasteiger partial charge on any atom is 0.207 e. The Morgan fingerprint density at radius 2 is 1.72 bits per heavy atom. The summed E-state index contributed by atoms with van der Waals surface area (Å²) in [5.74, 6) is 5.05. The molecule has 1 unspecified atom stereocenters. The summed E-state index contributed by atoms with van der Waals surface area (Å²) in [5, 5.41) is 2.24. The van der Waals surface area contributed by atoms with Crippen molar-refractivity contribution in [2.75, 3.05) is 52.7 Å². The number of nitrogens with one attached hydrogen (secondary N) is 2. The molecule has 0 spiro atoms. The predicted molar refractivity (Wildman–Crippen MR) is 63.6 cm³/mol. The highest BCUT2D eigenvalue weighted by Gasteiger charge is 2.04. The summed E-state index contributed by atoms with van der Waals surface area (Å²) in [5.41, 5.74) is 2.46. The van der Waals surface area contributed by atoms with Gasteiger partial charge in [0, 0.05) is 6.54 Å². The lowest BCUT2D eigenvalue weighted by Crippen LogP contribution is -2.27. The highest BCUT2D eigenvalue weighted by Crippen LogP contribution is 1.90. The topological polar surface area (TPSA) is 94.8 Å². The molecule has 0 aliphatic heterocycles. The molecule has 0 bridgehead atoms. The molecule has 0 aromatic rings. The van der Waals surface area contributed by atoms with Crippen molar-refractivity contribution in [2.45, 2.75) is 6.17 Å². The molecule has 0 saturated heterocycles. The van der Waals surface area contributed by atoms with E-state index in [1.54, 1.807) is 0 Å². The van der Waals surface area contributed by atoms with Gasteiger partial charge in [0.25, 0.3) is 0 Å². The Labute approximate surface area is 106 Å². The third kappa shape index (κ3) is 13.3. The van der Waals surface area contributed by atoms with E-state index >= 15 is 0 Å². The number of nitrogens with two attached hydrogens (primary N) is 1. The zero-order chi connectivity index (χ0) is 13.5. The highest BCUT2D eigenvalue weighted by molar-refractivity contribution is 5.45. The van der Waals surface area contributed by atoms with E-state index in [9.17, 15) is 9.18 Å². The fourth-order valence-electron chi connectivity index (χ4n) is 1.02. The molecule has 0 aromatic heterocycles. The maximum atomic E-state index is 12.9. The third-order valence-corrected chi connectivity index (χ3v) is 1.86. The van der Waals surface area contributed by atoms with Crippen LogP contribution < -0.4 is 16.6 Å². The predicted octanol–water partition coefficient (Wildman–Crippen LogP) is -1.42. The van der Waals surface area contributed by atoms with Crippen LogP contribution in [0, 0.1) is 0 Å². The zero-order valence-electron chi connectivity index (χ0n) is 10.4. The van der Waals surface area contributed by atoms with E-state index in [0.29, 0.717) is 46.0 Å². The summed E-state index contributed by atoms with van der Waals surface area (Å²) < 4.78 is 28.3. The lowest BCUT2D eigenvalue weighted by Gasteiger charge is -2.09. The van der Waals surface area contributed by atoms with Crippen LogP contribution in [0.1, 0.15) is 0 Å². The van der Waals surface area contributed by atoms with Gasteiger partial charge in [-0.3, -0.25) is 16.1 Å². The number of carbonyl (C=O) groups excluding carboxylic acids is 1. The van der Waals surface area contributed by atoms with Crippen LogP contribution in [0.5, 0.6) is 0 Å². The smallest absolute Gasteiger partial charge is 0.207 e. The average molecular weight is 267 g/mol. The molecule has 108 valence electrons. The normalized spacial score (nSPS) is 12.3. The second-order valence-electron chi connectivity index (χ2n) is 3.38. The minimum absolute atomic E-state index is 0.0343. The number of alkyl halides is 1. The molecule has 7 nitrogen and oxygen atoms in total. The van der Waals surface area contributed by atoms with Crippen molar-refractivity contribution in [1.82, 2.24) is 10.7 Å². The Kier molecular flexibility index (Phi) is 13.6. The standard InChI is InChI=1S/C10H22FN3O4/c11-10(7-13-9-15)8-18-6-5-17-4-3-16-2-1-14-12/h9-10,14H,1-8,12H2,(H,13,15). The molecule has 0 aliphatic carbocycles. The van der Waals surface area contributed by atoms with Crippen molar-refractivity contribution in [1.29, 1.82) is 0 Å². The lowest BCUT2D eigenvalue weighted by molar-refractivity contribution is -0.109. The van der Waals surface area contributed by atoms with Crippen molar-refractivity contribution < 1.29 is 23.4 Å². The van der Waals surface area contributed by atoms with Crippen LogP contribution in [-0.2, 0) is 19.0 Å². The van der Waals surface area contributed by atoms with Gasteiger partial charge in [0.15, 0.2) is 0 Å². The average Bonchev–Trinajstić information content (AvgIpc) is 2.38. The van der Waals surface area contributed by atoms with Gasteiger partial charge in [-0.2, -0.15) is 0 Å². The largest absolute Gasteiger partial charge is 0.378 e. The third-order valence-electron chi connectivity index (χ3n) is 1.86. The van der Waals surface area contributed by atoms with E-state index in [1.807, 2.05) is 0 Å². The van der Waals surface area contributed by atoms with Crippen LogP contribution in [0.25, 0.3) is 0 Å². The van der Waals surface area contributed by atoms with Gasteiger partial charge >= 0.3 is 0 Å². The number of hydrogen-bond donors (Lipinski definition) is 3. The van der Waals surface area contributed by atoms with Crippen molar-refractivity contribution in [2.24, 2.45) is 5.84 Å². The number of hydrazine groups is 1. The van der Waals surface area contributed by atoms with Crippen LogP contribution in [0.15, 0.2) is 0 Å². The molecule has 1 amide bonds. The van der Waals surface area contributed by atoms with E-state index in [-0.39, 0.29) is 13.2 Å². The maximum absolute atomic E-state index is 12.9. The number of ether oxygens (including phenoxy) is 3. The molecule has 0 heterocycles. The summed E-state index contributed by atoms with van der Waals surface area (Å²) in [4.78, 5) is 9.89. The molecule has 0 aromatic carbocycles. The zero-order valence-corrected chi connectivity index (χ0v) is 10.4. The summed E-state index contributed by atoms with van der Waals surface area (Å²) in [6.45, 7) is 2.67. The minimum Gasteiger partial charge on any atom is -0.378 e. The van der Waals surface area contributed by atoms with E-state index in [4.69, 9.17) is 20.1 Å². The van der Waals surface area contributed by atoms with Crippen LogP contribution >= 0.6 is 0 Å². The van der Waals surface area contributed by atoms with Crippen molar-refractivity contribution in [3.05, 3.63) is 0 Å². The van der Waals surface area contributed by atoms with Gasteiger partial charge in [0.05, 0.1) is 46.2 Å². The van der Waals surface area contributed by atoms with Gasteiger partial charge in [-0.25, -0.2) is 4.39 Å². The van der Waals surface area contributed by atoms with Crippen molar-refractivity contribution in [3.63, 3.8) is 0 Å². The van der Waals surface area contributed by atoms with Gasteiger partial charge in [-0.1, -0.05) is 0 Å². The van der Waals surface area contributed by atoms with Crippen molar-refractivity contribution >= 4 is 6.41 Å². The number of halogens is 1. The van der Waals surface area contributed by atoms with Gasteiger partial charge < -0.3 is 19.5 Å².